The fraction of sp³-hybridized carbons (Fsp3) is 0.700. The summed E-state index contributed by atoms with van der Waals surface area (Å²) >= 11 is 0. The maximum Gasteiger partial charge on any atom is 0.308 e. The van der Waals surface area contributed by atoms with Crippen LogP contribution in [0.1, 0.15) is 13.3 Å². The van der Waals surface area contributed by atoms with E-state index < -0.39 is 6.04 Å². The van der Waals surface area contributed by atoms with E-state index in [9.17, 15) is 9.59 Å². The summed E-state index contributed by atoms with van der Waals surface area (Å²) in [4.78, 5) is 27.8. The van der Waals surface area contributed by atoms with Crippen molar-refractivity contribution in [2.75, 3.05) is 26.8 Å². The van der Waals surface area contributed by atoms with Gasteiger partial charge in [0.25, 0.3) is 0 Å². The summed E-state index contributed by atoms with van der Waals surface area (Å²) in [5, 5.41) is 0. The third-order valence-electron chi connectivity index (χ3n) is 2.32. The van der Waals surface area contributed by atoms with Crippen LogP contribution in [0.25, 0.3) is 0 Å². The van der Waals surface area contributed by atoms with Crippen LogP contribution >= 0.6 is 0 Å². The summed E-state index contributed by atoms with van der Waals surface area (Å²) < 4.78 is 9.89. The van der Waals surface area contributed by atoms with Crippen LogP contribution in [0, 0.1) is 0 Å². The zero-order valence-corrected chi connectivity index (χ0v) is 9.51. The molecule has 1 amide bonds. The lowest BCUT2D eigenvalue weighted by Crippen LogP contribution is -2.47. The number of hydrogen-bond acceptors (Lipinski definition) is 5. The molecule has 1 aliphatic rings. The Morgan fingerprint density at radius 1 is 1.69 bits per heavy atom. The smallest absolute Gasteiger partial charge is 0.308 e. The molecule has 1 unspecified atom stereocenters. The maximum absolute atomic E-state index is 11.4. The minimum absolute atomic E-state index is 0.0826. The second kappa shape index (κ2) is 6.09. The number of aliphatic imine (C=N–C) groups is 1. The highest BCUT2D eigenvalue weighted by Crippen LogP contribution is 2.11. The van der Waals surface area contributed by atoms with Crippen molar-refractivity contribution in [2.45, 2.75) is 19.4 Å². The lowest BCUT2D eigenvalue weighted by molar-refractivity contribution is -0.144. The van der Waals surface area contributed by atoms with Crippen LogP contribution in [-0.2, 0) is 19.1 Å². The van der Waals surface area contributed by atoms with Gasteiger partial charge in [-0.15, -0.1) is 0 Å². The van der Waals surface area contributed by atoms with Crippen LogP contribution in [0.5, 0.6) is 0 Å². The molecule has 0 aliphatic carbocycles. The van der Waals surface area contributed by atoms with Gasteiger partial charge in [-0.2, -0.15) is 0 Å². The monoisotopic (exact) mass is 228 g/mol. The van der Waals surface area contributed by atoms with E-state index in [0.717, 1.165) is 0 Å². The van der Waals surface area contributed by atoms with Gasteiger partial charge in [0.05, 0.1) is 26.7 Å². The number of rotatable bonds is 4. The average molecular weight is 228 g/mol. The van der Waals surface area contributed by atoms with E-state index in [2.05, 4.69) is 4.99 Å². The molecule has 1 atom stereocenters. The minimum atomic E-state index is -0.435. The number of ether oxygens (including phenoxy) is 2. The topological polar surface area (TPSA) is 68.2 Å². The van der Waals surface area contributed by atoms with E-state index >= 15 is 0 Å². The van der Waals surface area contributed by atoms with Crippen molar-refractivity contribution in [1.82, 2.24) is 4.90 Å². The molecule has 0 N–H and O–H groups in total. The first-order chi connectivity index (χ1) is 7.72. The molecule has 0 aromatic carbocycles. The zero-order valence-electron chi connectivity index (χ0n) is 9.51. The first-order valence-corrected chi connectivity index (χ1v) is 5.18. The Kier molecular flexibility index (Phi) is 4.75. The fourth-order valence-corrected chi connectivity index (χ4v) is 1.59. The highest BCUT2D eigenvalue weighted by Gasteiger charge is 2.29. The molecule has 16 heavy (non-hydrogen) atoms. The van der Waals surface area contributed by atoms with Crippen molar-refractivity contribution in [3.05, 3.63) is 0 Å². The molecule has 0 saturated heterocycles. The molecule has 6 heteroatoms. The Hall–Kier alpha value is -1.59. The average Bonchev–Trinajstić information content (AvgIpc) is 2.29. The van der Waals surface area contributed by atoms with Crippen LogP contribution in [0.15, 0.2) is 4.99 Å². The summed E-state index contributed by atoms with van der Waals surface area (Å²) in [7, 11) is 1.48. The standard InChI is InChI=1S/C10H16N2O4/c1-3-16-9(14)6-8-10(15-2)11-4-5-12(8)7-13/h7-8H,3-6H2,1-2H3. The highest BCUT2D eigenvalue weighted by molar-refractivity contribution is 5.88. The first kappa shape index (κ1) is 12.5. The number of carbonyl (C=O) groups excluding carboxylic acids is 2. The van der Waals surface area contributed by atoms with E-state index in [1.165, 1.54) is 12.0 Å². The van der Waals surface area contributed by atoms with Crippen molar-refractivity contribution in [3.63, 3.8) is 0 Å². The molecule has 0 bridgehead atoms. The maximum atomic E-state index is 11.4. The Labute approximate surface area is 94.2 Å². The molecule has 0 spiro atoms. The van der Waals surface area contributed by atoms with Gasteiger partial charge in [0.1, 0.15) is 6.04 Å². The molecule has 0 aromatic rings. The van der Waals surface area contributed by atoms with Crippen molar-refractivity contribution >= 4 is 18.3 Å². The second-order valence-electron chi connectivity index (χ2n) is 3.29. The number of nitrogens with zero attached hydrogens (tertiary/aromatic N) is 2. The van der Waals surface area contributed by atoms with E-state index in [-0.39, 0.29) is 12.4 Å². The molecule has 6 nitrogen and oxygen atoms in total. The number of carbonyl (C=O) groups is 2. The van der Waals surface area contributed by atoms with Gasteiger partial charge in [0.15, 0.2) is 0 Å². The molecule has 1 rings (SSSR count). The molecule has 0 radical (unpaired) electrons. The van der Waals surface area contributed by atoms with Gasteiger partial charge in [0, 0.05) is 6.54 Å². The minimum Gasteiger partial charge on any atom is -0.483 e. The summed E-state index contributed by atoms with van der Waals surface area (Å²) in [5.41, 5.74) is 0. The summed E-state index contributed by atoms with van der Waals surface area (Å²) in [5.74, 6) is 0.0532. The normalized spacial score (nSPS) is 20.0. The van der Waals surface area contributed by atoms with Gasteiger partial charge in [-0.05, 0) is 6.92 Å². The first-order valence-electron chi connectivity index (χ1n) is 5.18. The summed E-state index contributed by atoms with van der Waals surface area (Å²) in [6.45, 7) is 3.06. The molecule has 1 aliphatic heterocycles. The third-order valence-corrected chi connectivity index (χ3v) is 2.32. The molecular weight excluding hydrogens is 212 g/mol. The van der Waals surface area contributed by atoms with Crippen molar-refractivity contribution in [1.29, 1.82) is 0 Å². The third kappa shape index (κ3) is 2.95. The quantitative estimate of drug-likeness (QED) is 0.494. The van der Waals surface area contributed by atoms with Crippen LogP contribution in [0.3, 0.4) is 0 Å². The molecule has 0 aromatic heterocycles. The number of amides is 1. The Bertz CT molecular complexity index is 291. The van der Waals surface area contributed by atoms with Gasteiger partial charge in [-0.3, -0.25) is 14.6 Å². The van der Waals surface area contributed by atoms with Crippen LogP contribution in [-0.4, -0.2) is 56.0 Å². The van der Waals surface area contributed by atoms with Gasteiger partial charge in [-0.25, -0.2) is 0 Å². The van der Waals surface area contributed by atoms with E-state index in [4.69, 9.17) is 9.47 Å². The van der Waals surface area contributed by atoms with Crippen molar-refractivity contribution in [2.24, 2.45) is 4.99 Å². The van der Waals surface area contributed by atoms with Crippen LogP contribution in [0.4, 0.5) is 0 Å². The number of methoxy groups -OCH3 is 1. The van der Waals surface area contributed by atoms with E-state index in [1.807, 2.05) is 0 Å². The molecular formula is C10H16N2O4. The number of hydrogen-bond donors (Lipinski definition) is 0. The van der Waals surface area contributed by atoms with Gasteiger partial charge < -0.3 is 14.4 Å². The lowest BCUT2D eigenvalue weighted by Gasteiger charge is -2.30. The summed E-state index contributed by atoms with van der Waals surface area (Å²) in [6, 6.07) is -0.435. The predicted molar refractivity (Wildman–Crippen MR) is 57.1 cm³/mol. The van der Waals surface area contributed by atoms with Crippen molar-refractivity contribution < 1.29 is 19.1 Å². The largest absolute Gasteiger partial charge is 0.483 e. The Morgan fingerprint density at radius 2 is 2.44 bits per heavy atom. The van der Waals surface area contributed by atoms with Crippen LogP contribution in [0.2, 0.25) is 0 Å². The van der Waals surface area contributed by atoms with Gasteiger partial charge in [-0.1, -0.05) is 0 Å². The Morgan fingerprint density at radius 3 is 3.00 bits per heavy atom. The van der Waals surface area contributed by atoms with E-state index in [1.54, 1.807) is 6.92 Å². The molecule has 1 heterocycles. The number of esters is 1. The van der Waals surface area contributed by atoms with Gasteiger partial charge >= 0.3 is 5.97 Å². The second-order valence-corrected chi connectivity index (χ2v) is 3.29. The predicted octanol–water partition coefficient (Wildman–Crippen LogP) is -0.175. The van der Waals surface area contributed by atoms with Crippen molar-refractivity contribution in [3.8, 4) is 0 Å². The van der Waals surface area contributed by atoms with Gasteiger partial charge in [0.2, 0.25) is 12.3 Å². The lowest BCUT2D eigenvalue weighted by atomic mass is 10.1. The molecule has 90 valence electrons. The zero-order chi connectivity index (χ0) is 12.0. The molecule has 0 fully saturated rings. The van der Waals surface area contributed by atoms with E-state index in [0.29, 0.717) is 32.0 Å². The summed E-state index contributed by atoms with van der Waals surface area (Å²) in [6.07, 6.45) is 0.789. The fourth-order valence-electron chi connectivity index (χ4n) is 1.59. The SMILES string of the molecule is CCOC(=O)CC1C(OC)=NCCN1C=O. The Balaban J connectivity index is 2.69. The molecule has 0 saturated carbocycles. The highest BCUT2D eigenvalue weighted by atomic mass is 16.5. The van der Waals surface area contributed by atoms with Crippen LogP contribution < -0.4 is 0 Å².